The summed E-state index contributed by atoms with van der Waals surface area (Å²) in [6.07, 6.45) is 0.555. The van der Waals surface area contributed by atoms with Crippen LogP contribution in [0, 0.1) is 5.41 Å². The third kappa shape index (κ3) is 6.35. The van der Waals surface area contributed by atoms with Crippen molar-refractivity contribution >= 4 is 16.0 Å². The molecular formula is C12H25NO4S. The number of hydrogen-bond acceptors (Lipinski definition) is 4. The van der Waals surface area contributed by atoms with E-state index >= 15 is 0 Å². The van der Waals surface area contributed by atoms with Crippen LogP contribution in [0.4, 0.5) is 0 Å². The third-order valence-corrected chi connectivity index (χ3v) is 4.54. The number of methoxy groups -OCH3 is 1. The molecule has 0 heterocycles. The predicted octanol–water partition coefficient (Wildman–Crippen LogP) is 1.64. The summed E-state index contributed by atoms with van der Waals surface area (Å²) >= 11 is 0. The maximum Gasteiger partial charge on any atom is 0.321 e. The Morgan fingerprint density at radius 1 is 1.28 bits per heavy atom. The first-order valence-corrected chi connectivity index (χ1v) is 7.67. The minimum atomic E-state index is -3.43. The average Bonchev–Trinajstić information content (AvgIpc) is 2.21. The van der Waals surface area contributed by atoms with Crippen molar-refractivity contribution in [2.24, 2.45) is 5.41 Å². The molecular weight excluding hydrogens is 254 g/mol. The van der Waals surface area contributed by atoms with E-state index in [1.165, 1.54) is 11.4 Å². The van der Waals surface area contributed by atoms with E-state index in [1.54, 1.807) is 13.8 Å². The van der Waals surface area contributed by atoms with Crippen LogP contribution in [0.1, 0.15) is 41.0 Å². The highest BCUT2D eigenvalue weighted by Gasteiger charge is 2.28. The summed E-state index contributed by atoms with van der Waals surface area (Å²) in [4.78, 5) is 11.2. The molecule has 0 rings (SSSR count). The van der Waals surface area contributed by atoms with Gasteiger partial charge in [0, 0.05) is 6.04 Å². The molecule has 0 atom stereocenters. The standard InChI is InChI=1S/C12H25NO4S/c1-10(2)13(9-11(14)17-6)18(15,16)8-7-12(3,4)5/h10H,7-9H2,1-6H3. The Labute approximate surface area is 111 Å². The minimum Gasteiger partial charge on any atom is -0.468 e. The molecule has 0 saturated carbocycles. The van der Waals surface area contributed by atoms with Crippen LogP contribution in [0.5, 0.6) is 0 Å². The Kier molecular flexibility index (Phi) is 6.29. The van der Waals surface area contributed by atoms with Gasteiger partial charge in [-0.05, 0) is 25.7 Å². The zero-order chi connectivity index (χ0) is 14.6. The molecule has 108 valence electrons. The summed E-state index contributed by atoms with van der Waals surface area (Å²) in [5.74, 6) is -0.492. The average molecular weight is 279 g/mol. The summed E-state index contributed by atoms with van der Waals surface area (Å²) in [5, 5.41) is 0. The van der Waals surface area contributed by atoms with Crippen molar-refractivity contribution < 1.29 is 17.9 Å². The highest BCUT2D eigenvalue weighted by molar-refractivity contribution is 7.89. The normalized spacial score (nSPS) is 13.1. The summed E-state index contributed by atoms with van der Waals surface area (Å²) in [5.41, 5.74) is -0.0546. The number of sulfonamides is 1. The number of esters is 1. The fraction of sp³-hybridized carbons (Fsp3) is 0.917. The Morgan fingerprint density at radius 3 is 2.11 bits per heavy atom. The number of rotatable bonds is 6. The molecule has 6 heteroatoms. The lowest BCUT2D eigenvalue weighted by Crippen LogP contribution is -2.42. The van der Waals surface area contributed by atoms with E-state index in [2.05, 4.69) is 4.74 Å². The first kappa shape index (κ1) is 17.4. The Bertz CT molecular complexity index is 368. The molecule has 0 bridgehead atoms. The molecule has 0 aliphatic rings. The van der Waals surface area contributed by atoms with E-state index in [0.717, 1.165) is 0 Å². The van der Waals surface area contributed by atoms with Crippen molar-refractivity contribution in [1.29, 1.82) is 0 Å². The first-order valence-electron chi connectivity index (χ1n) is 6.06. The lowest BCUT2D eigenvalue weighted by Gasteiger charge is -2.26. The Balaban J connectivity index is 4.83. The number of hydrogen-bond donors (Lipinski definition) is 0. The van der Waals surface area contributed by atoms with Gasteiger partial charge in [0.1, 0.15) is 6.54 Å². The quantitative estimate of drug-likeness (QED) is 0.693. The fourth-order valence-corrected chi connectivity index (χ4v) is 3.40. The van der Waals surface area contributed by atoms with Gasteiger partial charge in [-0.2, -0.15) is 4.31 Å². The lowest BCUT2D eigenvalue weighted by atomic mass is 9.94. The van der Waals surface area contributed by atoms with Crippen molar-refractivity contribution in [1.82, 2.24) is 4.31 Å². The van der Waals surface area contributed by atoms with Crippen LogP contribution in [-0.4, -0.2) is 44.1 Å². The lowest BCUT2D eigenvalue weighted by molar-refractivity contribution is -0.141. The van der Waals surface area contributed by atoms with E-state index < -0.39 is 16.0 Å². The Hall–Kier alpha value is -0.620. The van der Waals surface area contributed by atoms with Gasteiger partial charge in [-0.3, -0.25) is 4.79 Å². The second-order valence-corrected chi connectivity index (χ2v) is 7.88. The van der Waals surface area contributed by atoms with Crippen molar-refractivity contribution in [2.75, 3.05) is 19.4 Å². The summed E-state index contributed by atoms with van der Waals surface area (Å²) < 4.78 is 30.1. The fourth-order valence-electron chi connectivity index (χ4n) is 1.35. The molecule has 0 aromatic carbocycles. The van der Waals surface area contributed by atoms with Gasteiger partial charge in [0.25, 0.3) is 0 Å². The maximum atomic E-state index is 12.2. The van der Waals surface area contributed by atoms with Crippen LogP contribution < -0.4 is 0 Å². The maximum absolute atomic E-state index is 12.2. The third-order valence-electron chi connectivity index (χ3n) is 2.56. The molecule has 0 fully saturated rings. The molecule has 0 saturated heterocycles. The van der Waals surface area contributed by atoms with Gasteiger partial charge in [-0.1, -0.05) is 20.8 Å². The summed E-state index contributed by atoms with van der Waals surface area (Å²) in [6.45, 7) is 9.24. The smallest absolute Gasteiger partial charge is 0.321 e. The predicted molar refractivity (Wildman–Crippen MR) is 71.7 cm³/mol. The largest absolute Gasteiger partial charge is 0.468 e. The summed E-state index contributed by atoms with van der Waals surface area (Å²) in [7, 11) is -2.17. The second kappa shape index (κ2) is 6.52. The van der Waals surface area contributed by atoms with Gasteiger partial charge in [0.15, 0.2) is 0 Å². The van der Waals surface area contributed by atoms with Crippen molar-refractivity contribution in [3.8, 4) is 0 Å². The van der Waals surface area contributed by atoms with Gasteiger partial charge in [0.2, 0.25) is 10.0 Å². The van der Waals surface area contributed by atoms with Gasteiger partial charge in [0.05, 0.1) is 12.9 Å². The van der Waals surface area contributed by atoms with Crippen molar-refractivity contribution in [3.63, 3.8) is 0 Å². The molecule has 18 heavy (non-hydrogen) atoms. The zero-order valence-corrected chi connectivity index (χ0v) is 13.0. The van der Waals surface area contributed by atoms with E-state index in [0.29, 0.717) is 6.42 Å². The van der Waals surface area contributed by atoms with Gasteiger partial charge < -0.3 is 4.74 Å². The van der Waals surface area contributed by atoms with Gasteiger partial charge in [-0.25, -0.2) is 8.42 Å². The van der Waals surface area contributed by atoms with E-state index in [9.17, 15) is 13.2 Å². The number of carbonyl (C=O) groups excluding carboxylic acids is 1. The van der Waals surface area contributed by atoms with Crippen molar-refractivity contribution in [3.05, 3.63) is 0 Å². The van der Waals surface area contributed by atoms with Crippen LogP contribution in [0.25, 0.3) is 0 Å². The molecule has 0 spiro atoms. The van der Waals surface area contributed by atoms with E-state index in [1.807, 2.05) is 20.8 Å². The molecule has 0 aromatic rings. The van der Waals surface area contributed by atoms with Crippen LogP contribution >= 0.6 is 0 Å². The topological polar surface area (TPSA) is 63.7 Å². The number of nitrogens with zero attached hydrogens (tertiary/aromatic N) is 1. The van der Waals surface area contributed by atoms with E-state index in [-0.39, 0.29) is 23.8 Å². The molecule has 0 aromatic heterocycles. The van der Waals surface area contributed by atoms with Crippen LogP contribution in [-0.2, 0) is 19.6 Å². The summed E-state index contributed by atoms with van der Waals surface area (Å²) in [6, 6.07) is -0.255. The van der Waals surface area contributed by atoms with Gasteiger partial charge >= 0.3 is 5.97 Å². The van der Waals surface area contributed by atoms with Gasteiger partial charge in [-0.15, -0.1) is 0 Å². The first-order chi connectivity index (χ1) is 7.99. The van der Waals surface area contributed by atoms with E-state index in [4.69, 9.17) is 0 Å². The molecule has 0 N–H and O–H groups in total. The molecule has 0 aliphatic heterocycles. The molecule has 5 nitrogen and oxygen atoms in total. The van der Waals surface area contributed by atoms with Crippen LogP contribution in [0.2, 0.25) is 0 Å². The molecule has 0 radical (unpaired) electrons. The zero-order valence-electron chi connectivity index (χ0n) is 12.2. The minimum absolute atomic E-state index is 0.0473. The van der Waals surface area contributed by atoms with Crippen LogP contribution in [0.3, 0.4) is 0 Å². The molecule has 0 aliphatic carbocycles. The Morgan fingerprint density at radius 2 is 1.78 bits per heavy atom. The monoisotopic (exact) mass is 279 g/mol. The second-order valence-electron chi connectivity index (χ2n) is 5.84. The highest BCUT2D eigenvalue weighted by Crippen LogP contribution is 2.21. The number of ether oxygens (including phenoxy) is 1. The molecule has 0 amide bonds. The number of carbonyl (C=O) groups is 1. The SMILES string of the molecule is COC(=O)CN(C(C)C)S(=O)(=O)CCC(C)(C)C. The van der Waals surface area contributed by atoms with Crippen molar-refractivity contribution in [2.45, 2.75) is 47.1 Å². The highest BCUT2D eigenvalue weighted by atomic mass is 32.2. The molecule has 0 unspecified atom stereocenters. The van der Waals surface area contributed by atoms with Crippen LogP contribution in [0.15, 0.2) is 0 Å².